The predicted molar refractivity (Wildman–Crippen MR) is 65.9 cm³/mol. The van der Waals surface area contributed by atoms with E-state index in [9.17, 15) is 4.79 Å². The minimum atomic E-state index is -0.356. The van der Waals surface area contributed by atoms with Gasteiger partial charge in [0.05, 0.1) is 17.8 Å². The number of hydrogen-bond donors (Lipinski definition) is 1. The van der Waals surface area contributed by atoms with Gasteiger partial charge in [0.1, 0.15) is 6.04 Å². The molecule has 0 saturated carbocycles. The Morgan fingerprint density at radius 2 is 2.25 bits per heavy atom. The molecule has 0 aliphatic heterocycles. The summed E-state index contributed by atoms with van der Waals surface area (Å²) in [7, 11) is 1.38. The summed E-state index contributed by atoms with van der Waals surface area (Å²) in [4.78, 5) is 11.4. The van der Waals surface area contributed by atoms with Gasteiger partial charge in [0.2, 0.25) is 0 Å². The Hall–Kier alpha value is -1.22. The second kappa shape index (κ2) is 5.75. The molecule has 16 heavy (non-hydrogen) atoms. The van der Waals surface area contributed by atoms with Crippen LogP contribution in [0.3, 0.4) is 0 Å². The van der Waals surface area contributed by atoms with Gasteiger partial charge in [-0.3, -0.25) is 0 Å². The summed E-state index contributed by atoms with van der Waals surface area (Å²) in [6.45, 7) is 3.88. The average Bonchev–Trinajstić information content (AvgIpc) is 2.27. The summed E-state index contributed by atoms with van der Waals surface area (Å²) in [5.74, 6) is -0.279. The highest BCUT2D eigenvalue weighted by atomic mass is 35.5. The van der Waals surface area contributed by atoms with Crippen LogP contribution in [0.2, 0.25) is 5.02 Å². The first-order valence-electron chi connectivity index (χ1n) is 5.19. The zero-order chi connectivity index (χ0) is 12.1. The molecule has 1 unspecified atom stereocenters. The van der Waals surface area contributed by atoms with Gasteiger partial charge >= 0.3 is 5.97 Å². The predicted octanol–water partition coefficient (Wildman–Crippen LogP) is 3.01. The van der Waals surface area contributed by atoms with Gasteiger partial charge in [-0.15, -0.1) is 0 Å². The Labute approximate surface area is 101 Å². The van der Waals surface area contributed by atoms with Gasteiger partial charge in [-0.1, -0.05) is 24.6 Å². The second-order valence-electron chi connectivity index (χ2n) is 3.61. The first kappa shape index (κ1) is 12.8. The van der Waals surface area contributed by atoms with Crippen molar-refractivity contribution in [3.05, 3.63) is 28.8 Å². The van der Waals surface area contributed by atoms with Crippen molar-refractivity contribution in [2.24, 2.45) is 0 Å². The van der Waals surface area contributed by atoms with Gasteiger partial charge in [-0.05, 0) is 31.0 Å². The zero-order valence-corrected chi connectivity index (χ0v) is 10.5. The smallest absolute Gasteiger partial charge is 0.328 e. The molecule has 0 radical (unpaired) electrons. The Kier molecular flexibility index (Phi) is 4.62. The quantitative estimate of drug-likeness (QED) is 0.824. The second-order valence-corrected chi connectivity index (χ2v) is 4.02. The molecule has 0 aromatic heterocycles. The number of ether oxygens (including phenoxy) is 1. The number of hydrogen-bond acceptors (Lipinski definition) is 3. The topological polar surface area (TPSA) is 38.3 Å². The lowest BCUT2D eigenvalue weighted by molar-refractivity contribution is -0.141. The molecular weight excluding hydrogens is 226 g/mol. The molecule has 4 heteroatoms. The van der Waals surface area contributed by atoms with E-state index in [2.05, 4.69) is 5.32 Å². The van der Waals surface area contributed by atoms with E-state index >= 15 is 0 Å². The van der Waals surface area contributed by atoms with Crippen molar-refractivity contribution in [3.8, 4) is 0 Å². The van der Waals surface area contributed by atoms with Crippen LogP contribution in [-0.2, 0) is 9.53 Å². The van der Waals surface area contributed by atoms with Crippen molar-refractivity contribution in [1.29, 1.82) is 0 Å². The maximum Gasteiger partial charge on any atom is 0.328 e. The Bertz CT molecular complexity index is 379. The van der Waals surface area contributed by atoms with Crippen molar-refractivity contribution < 1.29 is 9.53 Å². The van der Waals surface area contributed by atoms with Gasteiger partial charge in [0, 0.05) is 0 Å². The largest absolute Gasteiger partial charge is 0.467 e. The van der Waals surface area contributed by atoms with Crippen LogP contribution in [0, 0.1) is 6.92 Å². The van der Waals surface area contributed by atoms with Crippen molar-refractivity contribution in [3.63, 3.8) is 0 Å². The number of halogens is 1. The zero-order valence-electron chi connectivity index (χ0n) is 9.71. The highest BCUT2D eigenvalue weighted by Gasteiger charge is 2.17. The summed E-state index contributed by atoms with van der Waals surface area (Å²) in [6.07, 6.45) is 0.650. The number of nitrogens with one attached hydrogen (secondary N) is 1. The molecule has 1 aromatic carbocycles. The standard InChI is InChI=1S/C12H16ClNO2/c1-4-10(12(15)16-3)14-11-6-5-8(2)7-9(11)13/h5-7,10,14H,4H2,1-3H3. The summed E-state index contributed by atoms with van der Waals surface area (Å²) >= 11 is 6.06. The van der Waals surface area contributed by atoms with Crippen molar-refractivity contribution in [2.45, 2.75) is 26.3 Å². The number of carbonyl (C=O) groups excluding carboxylic acids is 1. The summed E-state index contributed by atoms with van der Waals surface area (Å²) < 4.78 is 4.69. The van der Waals surface area contributed by atoms with Crippen LogP contribution in [0.5, 0.6) is 0 Å². The fourth-order valence-corrected chi connectivity index (χ4v) is 1.68. The third-order valence-corrected chi connectivity index (χ3v) is 2.66. The minimum absolute atomic E-state index is 0.279. The monoisotopic (exact) mass is 241 g/mol. The summed E-state index contributed by atoms with van der Waals surface area (Å²) in [5.41, 5.74) is 1.84. The van der Waals surface area contributed by atoms with Crippen molar-refractivity contribution in [1.82, 2.24) is 0 Å². The molecule has 0 bridgehead atoms. The Morgan fingerprint density at radius 1 is 1.56 bits per heavy atom. The molecule has 1 atom stereocenters. The van der Waals surface area contributed by atoms with E-state index in [1.54, 1.807) is 0 Å². The van der Waals surface area contributed by atoms with Crippen LogP contribution in [0.25, 0.3) is 0 Å². The molecule has 3 nitrogen and oxygen atoms in total. The molecule has 0 amide bonds. The molecule has 0 aliphatic carbocycles. The first-order valence-corrected chi connectivity index (χ1v) is 5.56. The molecule has 0 fully saturated rings. The highest BCUT2D eigenvalue weighted by Crippen LogP contribution is 2.23. The normalized spacial score (nSPS) is 12.0. The minimum Gasteiger partial charge on any atom is -0.467 e. The molecule has 0 spiro atoms. The number of methoxy groups -OCH3 is 1. The van der Waals surface area contributed by atoms with E-state index in [1.807, 2.05) is 32.0 Å². The van der Waals surface area contributed by atoms with E-state index in [1.165, 1.54) is 7.11 Å². The first-order chi connectivity index (χ1) is 7.58. The van der Waals surface area contributed by atoms with E-state index < -0.39 is 0 Å². The van der Waals surface area contributed by atoms with Crippen LogP contribution in [0.1, 0.15) is 18.9 Å². The third-order valence-electron chi connectivity index (χ3n) is 2.35. The molecule has 1 rings (SSSR count). The Morgan fingerprint density at radius 3 is 2.75 bits per heavy atom. The number of aryl methyl sites for hydroxylation is 1. The molecule has 1 N–H and O–H groups in total. The van der Waals surface area contributed by atoms with E-state index in [0.29, 0.717) is 11.4 Å². The molecule has 1 aromatic rings. The molecular formula is C12H16ClNO2. The van der Waals surface area contributed by atoms with Gasteiger partial charge in [-0.25, -0.2) is 4.79 Å². The third kappa shape index (κ3) is 3.14. The summed E-state index contributed by atoms with van der Waals surface area (Å²) in [6, 6.07) is 5.31. The molecule has 88 valence electrons. The van der Waals surface area contributed by atoms with Crippen LogP contribution >= 0.6 is 11.6 Å². The highest BCUT2D eigenvalue weighted by molar-refractivity contribution is 6.33. The van der Waals surface area contributed by atoms with Crippen molar-refractivity contribution in [2.75, 3.05) is 12.4 Å². The number of carbonyl (C=O) groups is 1. The SMILES string of the molecule is CCC(Nc1ccc(C)cc1Cl)C(=O)OC. The molecule has 0 saturated heterocycles. The maximum atomic E-state index is 11.4. The fourth-order valence-electron chi connectivity index (χ4n) is 1.39. The number of esters is 1. The number of anilines is 1. The van der Waals surface area contributed by atoms with Crippen LogP contribution in [0.4, 0.5) is 5.69 Å². The lowest BCUT2D eigenvalue weighted by Gasteiger charge is -2.16. The van der Waals surface area contributed by atoms with Gasteiger partial charge in [-0.2, -0.15) is 0 Å². The van der Waals surface area contributed by atoms with Crippen LogP contribution < -0.4 is 5.32 Å². The maximum absolute atomic E-state index is 11.4. The molecule has 0 heterocycles. The van der Waals surface area contributed by atoms with Gasteiger partial charge in [0.25, 0.3) is 0 Å². The number of benzene rings is 1. The Balaban J connectivity index is 2.82. The van der Waals surface area contributed by atoms with Crippen LogP contribution in [0.15, 0.2) is 18.2 Å². The van der Waals surface area contributed by atoms with Gasteiger partial charge in [0.15, 0.2) is 0 Å². The van der Waals surface area contributed by atoms with E-state index in [-0.39, 0.29) is 12.0 Å². The average molecular weight is 242 g/mol. The van der Waals surface area contributed by atoms with Crippen molar-refractivity contribution >= 4 is 23.3 Å². The van der Waals surface area contributed by atoms with Crippen LogP contribution in [-0.4, -0.2) is 19.1 Å². The molecule has 0 aliphatic rings. The lowest BCUT2D eigenvalue weighted by Crippen LogP contribution is -2.29. The lowest BCUT2D eigenvalue weighted by atomic mass is 10.2. The van der Waals surface area contributed by atoms with E-state index in [4.69, 9.17) is 16.3 Å². The summed E-state index contributed by atoms with van der Waals surface area (Å²) in [5, 5.41) is 3.68. The van der Waals surface area contributed by atoms with Gasteiger partial charge < -0.3 is 10.1 Å². The fraction of sp³-hybridized carbons (Fsp3) is 0.417. The van der Waals surface area contributed by atoms with E-state index in [0.717, 1.165) is 11.3 Å². The number of rotatable bonds is 4.